The van der Waals surface area contributed by atoms with Gasteiger partial charge in [0.25, 0.3) is 0 Å². The average Bonchev–Trinajstić information content (AvgIpc) is 2.67. The number of carbonyl (C=O) groups is 1. The van der Waals surface area contributed by atoms with Gasteiger partial charge in [-0.1, -0.05) is 13.8 Å². The van der Waals surface area contributed by atoms with Crippen molar-refractivity contribution in [3.8, 4) is 0 Å². The summed E-state index contributed by atoms with van der Waals surface area (Å²) in [5.41, 5.74) is 5.55. The third kappa shape index (κ3) is 3.10. The number of furan rings is 1. The average molecular weight is 225 g/mol. The van der Waals surface area contributed by atoms with Crippen LogP contribution in [-0.2, 0) is 11.2 Å². The van der Waals surface area contributed by atoms with Crippen molar-refractivity contribution >= 4 is 5.97 Å². The van der Waals surface area contributed by atoms with Crippen LogP contribution in [0.1, 0.15) is 32.4 Å². The second-order valence-corrected chi connectivity index (χ2v) is 4.50. The molecular weight excluding hydrogens is 206 g/mol. The summed E-state index contributed by atoms with van der Waals surface area (Å²) in [6.07, 6.45) is 2.96. The minimum Gasteiger partial charge on any atom is -0.481 e. The van der Waals surface area contributed by atoms with Gasteiger partial charge >= 0.3 is 5.97 Å². The Morgan fingerprint density at radius 1 is 1.69 bits per heavy atom. The molecule has 1 aromatic rings. The van der Waals surface area contributed by atoms with Gasteiger partial charge in [0, 0.05) is 17.9 Å². The molecule has 0 aliphatic carbocycles. The first-order valence-corrected chi connectivity index (χ1v) is 5.47. The van der Waals surface area contributed by atoms with Crippen molar-refractivity contribution in [3.63, 3.8) is 0 Å². The molecule has 4 nitrogen and oxygen atoms in total. The highest BCUT2D eigenvalue weighted by molar-refractivity contribution is 5.67. The molecule has 0 spiro atoms. The molecule has 2 unspecified atom stereocenters. The van der Waals surface area contributed by atoms with Crippen LogP contribution >= 0.6 is 0 Å². The third-order valence-corrected chi connectivity index (χ3v) is 3.05. The molecule has 0 fully saturated rings. The maximum atomic E-state index is 10.9. The molecule has 0 amide bonds. The first-order chi connectivity index (χ1) is 7.48. The van der Waals surface area contributed by atoms with Gasteiger partial charge in [0.15, 0.2) is 0 Å². The van der Waals surface area contributed by atoms with Gasteiger partial charge in [0.1, 0.15) is 5.76 Å². The van der Waals surface area contributed by atoms with Crippen LogP contribution in [0.15, 0.2) is 22.8 Å². The highest BCUT2D eigenvalue weighted by atomic mass is 16.4. The molecule has 90 valence electrons. The number of nitrogens with two attached hydrogens (primary N) is 1. The fourth-order valence-corrected chi connectivity index (χ4v) is 1.97. The molecule has 2 atom stereocenters. The number of hydrogen-bond acceptors (Lipinski definition) is 3. The monoisotopic (exact) mass is 225 g/mol. The zero-order valence-corrected chi connectivity index (χ0v) is 9.77. The molecule has 0 aliphatic heterocycles. The van der Waals surface area contributed by atoms with Crippen LogP contribution in [0.25, 0.3) is 0 Å². The predicted octanol–water partition coefficient (Wildman–Crippen LogP) is 2.04. The van der Waals surface area contributed by atoms with Gasteiger partial charge in [-0.25, -0.2) is 0 Å². The highest BCUT2D eigenvalue weighted by Crippen LogP contribution is 2.31. The molecule has 0 bridgehead atoms. The first-order valence-electron chi connectivity index (χ1n) is 5.47. The standard InChI is InChI=1S/C12H19NO3/c1-3-10(13)12(2,8-11(14)15)7-9-5-4-6-16-9/h4-6,10H,3,7-8,13H2,1-2H3,(H,14,15). The summed E-state index contributed by atoms with van der Waals surface area (Å²) >= 11 is 0. The second kappa shape index (κ2) is 5.16. The maximum absolute atomic E-state index is 10.9. The summed E-state index contributed by atoms with van der Waals surface area (Å²) in [5.74, 6) is -0.0365. The Kier molecular flexibility index (Phi) is 4.12. The first kappa shape index (κ1) is 12.8. The molecule has 3 N–H and O–H groups in total. The summed E-state index contributed by atoms with van der Waals surface area (Å²) in [7, 11) is 0. The van der Waals surface area contributed by atoms with Crippen LogP contribution in [0, 0.1) is 5.41 Å². The van der Waals surface area contributed by atoms with Crippen LogP contribution in [0.5, 0.6) is 0 Å². The summed E-state index contributed by atoms with van der Waals surface area (Å²) in [6.45, 7) is 3.87. The van der Waals surface area contributed by atoms with E-state index in [0.29, 0.717) is 6.42 Å². The number of carboxylic acids is 1. The van der Waals surface area contributed by atoms with Crippen LogP contribution in [0.3, 0.4) is 0 Å². The van der Waals surface area contributed by atoms with E-state index in [9.17, 15) is 4.79 Å². The smallest absolute Gasteiger partial charge is 0.303 e. The van der Waals surface area contributed by atoms with Crippen molar-refractivity contribution in [1.82, 2.24) is 0 Å². The maximum Gasteiger partial charge on any atom is 0.303 e. The van der Waals surface area contributed by atoms with E-state index in [1.165, 1.54) is 0 Å². The topological polar surface area (TPSA) is 76.5 Å². The number of carboxylic acid groups (broad SMARTS) is 1. The molecule has 1 heterocycles. The van der Waals surface area contributed by atoms with Crippen molar-refractivity contribution in [2.45, 2.75) is 39.2 Å². The predicted molar refractivity (Wildman–Crippen MR) is 61.0 cm³/mol. The molecule has 1 rings (SSSR count). The number of hydrogen-bond donors (Lipinski definition) is 2. The van der Waals surface area contributed by atoms with Gasteiger partial charge in [-0.3, -0.25) is 4.79 Å². The van der Waals surface area contributed by atoms with E-state index in [0.717, 1.165) is 12.2 Å². The van der Waals surface area contributed by atoms with E-state index in [1.54, 1.807) is 12.3 Å². The highest BCUT2D eigenvalue weighted by Gasteiger charge is 2.34. The molecule has 0 saturated carbocycles. The Hall–Kier alpha value is -1.29. The largest absolute Gasteiger partial charge is 0.481 e. The zero-order chi connectivity index (χ0) is 12.2. The summed E-state index contributed by atoms with van der Waals surface area (Å²) in [5, 5.41) is 8.94. The van der Waals surface area contributed by atoms with Crippen molar-refractivity contribution in [3.05, 3.63) is 24.2 Å². The minimum atomic E-state index is -0.821. The lowest BCUT2D eigenvalue weighted by molar-refractivity contribution is -0.139. The van der Waals surface area contributed by atoms with Crippen LogP contribution in [0.4, 0.5) is 0 Å². The summed E-state index contributed by atoms with van der Waals surface area (Å²) in [6, 6.07) is 3.50. The molecule has 0 saturated heterocycles. The van der Waals surface area contributed by atoms with E-state index in [4.69, 9.17) is 15.3 Å². The van der Waals surface area contributed by atoms with Gasteiger partial charge in [-0.15, -0.1) is 0 Å². The van der Waals surface area contributed by atoms with Crippen LogP contribution in [-0.4, -0.2) is 17.1 Å². The SMILES string of the molecule is CCC(N)C(C)(CC(=O)O)Cc1ccco1. The second-order valence-electron chi connectivity index (χ2n) is 4.50. The minimum absolute atomic E-state index is 0.0582. The van der Waals surface area contributed by atoms with E-state index in [1.807, 2.05) is 19.9 Å². The fraction of sp³-hybridized carbons (Fsp3) is 0.583. The van der Waals surface area contributed by atoms with E-state index >= 15 is 0 Å². The number of aliphatic carboxylic acids is 1. The van der Waals surface area contributed by atoms with Crippen LogP contribution in [0.2, 0.25) is 0 Å². The Labute approximate surface area is 95.4 Å². The van der Waals surface area contributed by atoms with Crippen molar-refractivity contribution in [2.24, 2.45) is 11.1 Å². The van der Waals surface area contributed by atoms with Gasteiger partial charge in [0.2, 0.25) is 0 Å². The lowest BCUT2D eigenvalue weighted by Crippen LogP contribution is -2.42. The molecule has 16 heavy (non-hydrogen) atoms. The van der Waals surface area contributed by atoms with E-state index in [2.05, 4.69) is 0 Å². The lowest BCUT2D eigenvalue weighted by atomic mass is 9.75. The van der Waals surface area contributed by atoms with Crippen LogP contribution < -0.4 is 5.73 Å². The Morgan fingerprint density at radius 3 is 2.81 bits per heavy atom. The van der Waals surface area contributed by atoms with Gasteiger partial charge in [-0.05, 0) is 18.6 Å². The molecule has 1 aromatic heterocycles. The quantitative estimate of drug-likeness (QED) is 0.776. The molecular formula is C12H19NO3. The molecule has 4 heteroatoms. The summed E-state index contributed by atoms with van der Waals surface area (Å²) in [4.78, 5) is 10.9. The van der Waals surface area contributed by atoms with Gasteiger partial charge in [-0.2, -0.15) is 0 Å². The van der Waals surface area contributed by atoms with Crippen molar-refractivity contribution < 1.29 is 14.3 Å². The lowest BCUT2D eigenvalue weighted by Gasteiger charge is -2.33. The Bertz CT molecular complexity index is 334. The van der Waals surface area contributed by atoms with E-state index in [-0.39, 0.29) is 12.5 Å². The van der Waals surface area contributed by atoms with Gasteiger partial charge in [0.05, 0.1) is 12.7 Å². The third-order valence-electron chi connectivity index (χ3n) is 3.05. The van der Waals surface area contributed by atoms with E-state index < -0.39 is 11.4 Å². The van der Waals surface area contributed by atoms with Gasteiger partial charge < -0.3 is 15.3 Å². The molecule has 0 radical (unpaired) electrons. The molecule has 0 aromatic carbocycles. The summed E-state index contributed by atoms with van der Waals surface area (Å²) < 4.78 is 5.26. The fourth-order valence-electron chi connectivity index (χ4n) is 1.97. The normalized spacial score (nSPS) is 16.7. The zero-order valence-electron chi connectivity index (χ0n) is 9.77. The van der Waals surface area contributed by atoms with Crippen molar-refractivity contribution in [2.75, 3.05) is 0 Å². The molecule has 0 aliphatic rings. The number of rotatable bonds is 6. The van der Waals surface area contributed by atoms with Crippen molar-refractivity contribution in [1.29, 1.82) is 0 Å². The Morgan fingerprint density at radius 2 is 2.38 bits per heavy atom. The Balaban J connectivity index is 2.81.